The van der Waals surface area contributed by atoms with E-state index in [1.807, 2.05) is 11.4 Å². The highest BCUT2D eigenvalue weighted by molar-refractivity contribution is 8.00. The maximum absolute atomic E-state index is 11.7. The molecule has 0 aliphatic heterocycles. The fourth-order valence-electron chi connectivity index (χ4n) is 2.61. The minimum atomic E-state index is -2.93. The molecule has 1 aliphatic rings. The number of fused-ring (bicyclic) bond motifs is 1. The summed E-state index contributed by atoms with van der Waals surface area (Å²) in [5, 5.41) is 3.16. The van der Waals surface area contributed by atoms with Gasteiger partial charge in [-0.15, -0.1) is 23.1 Å². The Morgan fingerprint density at radius 1 is 1.35 bits per heavy atom. The lowest BCUT2D eigenvalue weighted by molar-refractivity contribution is 0.495. The predicted molar refractivity (Wildman–Crippen MR) is 84.2 cm³/mol. The van der Waals surface area contributed by atoms with Crippen molar-refractivity contribution < 1.29 is 8.42 Å². The summed E-state index contributed by atoms with van der Waals surface area (Å²) in [6.45, 7) is 0. The molecule has 0 saturated heterocycles. The van der Waals surface area contributed by atoms with Crippen LogP contribution in [0, 0.1) is 0 Å². The number of nitrogens with zero attached hydrogens (tertiary/aromatic N) is 2. The lowest BCUT2D eigenvalue weighted by Gasteiger charge is -2.27. The van der Waals surface area contributed by atoms with Crippen LogP contribution in [0.4, 0.5) is 0 Å². The molecule has 20 heavy (non-hydrogen) atoms. The van der Waals surface area contributed by atoms with E-state index in [4.69, 9.17) is 0 Å². The van der Waals surface area contributed by atoms with Gasteiger partial charge in [0.05, 0.1) is 15.5 Å². The van der Waals surface area contributed by atoms with Gasteiger partial charge >= 0.3 is 0 Å². The molecule has 2 atom stereocenters. The Hall–Kier alpha value is -0.660. The Morgan fingerprint density at radius 3 is 3.00 bits per heavy atom. The SMILES string of the molecule is CS(=O)(=O)[C@@H]1CCC[C@H](Sc2ncnc3ccsc23)C1. The van der Waals surface area contributed by atoms with Crippen molar-refractivity contribution in [2.45, 2.75) is 41.2 Å². The quantitative estimate of drug-likeness (QED) is 0.810. The molecule has 2 aromatic heterocycles. The number of thioether (sulfide) groups is 1. The Balaban J connectivity index is 1.79. The second-order valence-corrected chi connectivity index (χ2v) is 9.70. The first-order valence-electron chi connectivity index (χ1n) is 6.58. The Morgan fingerprint density at radius 2 is 2.20 bits per heavy atom. The Kier molecular flexibility index (Phi) is 4.01. The summed E-state index contributed by atoms with van der Waals surface area (Å²) < 4.78 is 24.6. The minimum Gasteiger partial charge on any atom is -0.235 e. The molecule has 0 N–H and O–H groups in total. The van der Waals surface area contributed by atoms with Gasteiger partial charge in [0.15, 0.2) is 0 Å². The molecule has 0 unspecified atom stereocenters. The molecule has 0 radical (unpaired) electrons. The van der Waals surface area contributed by atoms with Crippen LogP contribution < -0.4 is 0 Å². The molecular formula is C13H16N2O2S3. The molecule has 1 saturated carbocycles. The van der Waals surface area contributed by atoms with Crippen LogP contribution in [0.5, 0.6) is 0 Å². The maximum atomic E-state index is 11.7. The maximum Gasteiger partial charge on any atom is 0.150 e. The third-order valence-corrected chi connectivity index (χ3v) is 7.65. The number of aromatic nitrogens is 2. The second-order valence-electron chi connectivity index (χ2n) is 5.17. The van der Waals surface area contributed by atoms with Gasteiger partial charge in [-0.3, -0.25) is 0 Å². The third-order valence-electron chi connectivity index (χ3n) is 3.67. The Labute approximate surface area is 126 Å². The highest BCUT2D eigenvalue weighted by Gasteiger charge is 2.29. The van der Waals surface area contributed by atoms with Gasteiger partial charge in [0.2, 0.25) is 0 Å². The van der Waals surface area contributed by atoms with Crippen LogP contribution >= 0.6 is 23.1 Å². The number of hydrogen-bond acceptors (Lipinski definition) is 6. The second kappa shape index (κ2) is 5.61. The Bertz CT molecular complexity index is 711. The fourth-order valence-corrected chi connectivity index (χ4v) is 6.17. The van der Waals surface area contributed by atoms with Crippen molar-refractivity contribution in [1.82, 2.24) is 9.97 Å². The van der Waals surface area contributed by atoms with Gasteiger partial charge in [-0.25, -0.2) is 18.4 Å². The lowest BCUT2D eigenvalue weighted by atomic mass is 10.00. The van der Waals surface area contributed by atoms with Gasteiger partial charge in [0.1, 0.15) is 21.2 Å². The van der Waals surface area contributed by atoms with Crippen LogP contribution in [0.2, 0.25) is 0 Å². The molecule has 0 spiro atoms. The van der Waals surface area contributed by atoms with Crippen LogP contribution in [-0.2, 0) is 9.84 Å². The minimum absolute atomic E-state index is 0.186. The molecule has 1 aliphatic carbocycles. The van der Waals surface area contributed by atoms with Crippen molar-refractivity contribution in [3.8, 4) is 0 Å². The summed E-state index contributed by atoms with van der Waals surface area (Å²) in [6.07, 6.45) is 6.53. The summed E-state index contributed by atoms with van der Waals surface area (Å²) in [7, 11) is -2.93. The van der Waals surface area contributed by atoms with Crippen molar-refractivity contribution in [2.24, 2.45) is 0 Å². The molecule has 1 fully saturated rings. The fraction of sp³-hybridized carbons (Fsp3) is 0.538. The summed E-state index contributed by atoms with van der Waals surface area (Å²) >= 11 is 3.36. The van der Waals surface area contributed by atoms with E-state index in [9.17, 15) is 8.42 Å². The van der Waals surface area contributed by atoms with E-state index in [0.29, 0.717) is 5.25 Å². The van der Waals surface area contributed by atoms with Gasteiger partial charge < -0.3 is 0 Å². The molecule has 0 amide bonds. The van der Waals surface area contributed by atoms with Gasteiger partial charge in [-0.05, 0) is 30.7 Å². The average molecular weight is 328 g/mol. The first kappa shape index (κ1) is 14.3. The highest BCUT2D eigenvalue weighted by Crippen LogP contribution is 2.38. The van der Waals surface area contributed by atoms with E-state index in [1.165, 1.54) is 6.26 Å². The van der Waals surface area contributed by atoms with Crippen LogP contribution in [0.15, 0.2) is 22.8 Å². The largest absolute Gasteiger partial charge is 0.235 e. The highest BCUT2D eigenvalue weighted by atomic mass is 32.2. The number of thiophene rings is 1. The van der Waals surface area contributed by atoms with Crippen molar-refractivity contribution in [3.63, 3.8) is 0 Å². The van der Waals surface area contributed by atoms with E-state index >= 15 is 0 Å². The molecule has 0 aromatic carbocycles. The van der Waals surface area contributed by atoms with Crippen LogP contribution in [-0.4, -0.2) is 35.1 Å². The van der Waals surface area contributed by atoms with Crippen molar-refractivity contribution >= 4 is 43.2 Å². The van der Waals surface area contributed by atoms with E-state index in [2.05, 4.69) is 9.97 Å². The molecule has 108 valence electrons. The van der Waals surface area contributed by atoms with Crippen molar-refractivity contribution in [1.29, 1.82) is 0 Å². The first-order valence-corrected chi connectivity index (χ1v) is 10.3. The van der Waals surface area contributed by atoms with E-state index in [0.717, 1.165) is 40.9 Å². The molecule has 3 rings (SSSR count). The van der Waals surface area contributed by atoms with E-state index < -0.39 is 9.84 Å². The number of hydrogen-bond donors (Lipinski definition) is 0. The number of sulfone groups is 1. The smallest absolute Gasteiger partial charge is 0.150 e. The zero-order valence-electron chi connectivity index (χ0n) is 11.2. The number of rotatable bonds is 3. The summed E-state index contributed by atoms with van der Waals surface area (Å²) in [6, 6.07) is 1.99. The molecule has 0 bridgehead atoms. The van der Waals surface area contributed by atoms with Crippen molar-refractivity contribution in [2.75, 3.05) is 6.26 Å². The van der Waals surface area contributed by atoms with Gasteiger partial charge in [0, 0.05) is 11.5 Å². The monoisotopic (exact) mass is 328 g/mol. The first-order chi connectivity index (χ1) is 9.54. The van der Waals surface area contributed by atoms with Crippen LogP contribution in [0.3, 0.4) is 0 Å². The zero-order valence-corrected chi connectivity index (χ0v) is 13.6. The van der Waals surface area contributed by atoms with E-state index in [1.54, 1.807) is 29.4 Å². The third kappa shape index (κ3) is 2.99. The molecular weight excluding hydrogens is 312 g/mol. The van der Waals surface area contributed by atoms with Gasteiger partial charge in [-0.2, -0.15) is 0 Å². The van der Waals surface area contributed by atoms with Gasteiger partial charge in [-0.1, -0.05) is 6.42 Å². The summed E-state index contributed by atoms with van der Waals surface area (Å²) in [5.41, 5.74) is 0.975. The lowest BCUT2D eigenvalue weighted by Crippen LogP contribution is -2.28. The summed E-state index contributed by atoms with van der Waals surface area (Å²) in [5.74, 6) is 0. The standard InChI is InChI=1S/C13H16N2O2S3/c1-20(16,17)10-4-2-3-9(7-10)19-13-12-11(5-6-18-12)14-8-15-13/h5-6,8-10H,2-4,7H2,1H3/t9-,10+/m0/s1. The molecule has 4 nitrogen and oxygen atoms in total. The van der Waals surface area contributed by atoms with Crippen LogP contribution in [0.25, 0.3) is 10.2 Å². The average Bonchev–Trinajstić information content (AvgIpc) is 2.87. The normalized spacial score (nSPS) is 24.1. The van der Waals surface area contributed by atoms with Gasteiger partial charge in [0.25, 0.3) is 0 Å². The topological polar surface area (TPSA) is 59.9 Å². The predicted octanol–water partition coefficient (Wildman–Crippen LogP) is 3.14. The van der Waals surface area contributed by atoms with Crippen LogP contribution in [0.1, 0.15) is 25.7 Å². The van der Waals surface area contributed by atoms with Crippen molar-refractivity contribution in [3.05, 3.63) is 17.8 Å². The molecule has 2 aromatic rings. The molecule has 7 heteroatoms. The zero-order chi connectivity index (χ0) is 14.2. The summed E-state index contributed by atoms with van der Waals surface area (Å²) in [4.78, 5) is 8.61. The molecule has 2 heterocycles. The van der Waals surface area contributed by atoms with E-state index in [-0.39, 0.29) is 5.25 Å².